The van der Waals surface area contributed by atoms with E-state index in [2.05, 4.69) is 25.2 Å². The quantitative estimate of drug-likeness (QED) is 0.414. The van der Waals surface area contributed by atoms with Gasteiger partial charge in [0.1, 0.15) is 28.1 Å². The maximum Gasteiger partial charge on any atom is 0.347 e. The average molecular weight is 448 g/mol. The number of benzene rings is 2. The maximum absolute atomic E-state index is 12.8. The molecule has 4 rings (SSSR count). The van der Waals surface area contributed by atoms with Crippen LogP contribution in [-0.4, -0.2) is 37.9 Å². The molecular formula is C23H20N4O6. The first-order chi connectivity index (χ1) is 15.8. The summed E-state index contributed by atoms with van der Waals surface area (Å²) in [5, 5.41) is 19.5. The first-order valence-electron chi connectivity index (χ1n) is 9.96. The van der Waals surface area contributed by atoms with E-state index >= 15 is 0 Å². The Morgan fingerprint density at radius 2 is 1.76 bits per heavy atom. The fourth-order valence-corrected chi connectivity index (χ4v) is 2.87. The highest BCUT2D eigenvalue weighted by Gasteiger charge is 2.29. The Labute approximate surface area is 188 Å². The largest absolute Gasteiger partial charge is 0.478 e. The van der Waals surface area contributed by atoms with Crippen LogP contribution < -0.4 is 14.8 Å². The molecule has 2 N–H and O–H groups in total. The predicted molar refractivity (Wildman–Crippen MR) is 116 cm³/mol. The summed E-state index contributed by atoms with van der Waals surface area (Å²) < 4.78 is 16.0. The van der Waals surface area contributed by atoms with Crippen molar-refractivity contribution in [3.8, 4) is 17.4 Å². The summed E-state index contributed by atoms with van der Waals surface area (Å²) in [6.07, 6.45) is 1.53. The SMILES string of the molecule is CC(C)(Oc1ccc(CNC(=O)c2cccnc2Oc2ccc3nonc3c2)cc1)C(=O)O. The zero-order chi connectivity index (χ0) is 23.4. The molecule has 0 bridgehead atoms. The number of hydrogen-bond acceptors (Lipinski definition) is 8. The van der Waals surface area contributed by atoms with Crippen LogP contribution in [0.5, 0.6) is 17.4 Å². The van der Waals surface area contributed by atoms with Crippen molar-refractivity contribution in [2.45, 2.75) is 26.0 Å². The monoisotopic (exact) mass is 448 g/mol. The molecule has 33 heavy (non-hydrogen) atoms. The fraction of sp³-hybridized carbons (Fsp3) is 0.174. The Kier molecular flexibility index (Phi) is 5.90. The summed E-state index contributed by atoms with van der Waals surface area (Å²) in [7, 11) is 0. The maximum atomic E-state index is 12.8. The molecule has 0 fully saturated rings. The van der Waals surface area contributed by atoms with Gasteiger partial charge in [0.2, 0.25) is 5.88 Å². The molecule has 0 aliphatic rings. The first-order valence-corrected chi connectivity index (χ1v) is 9.96. The van der Waals surface area contributed by atoms with Gasteiger partial charge in [-0.15, -0.1) is 0 Å². The molecule has 10 nitrogen and oxygen atoms in total. The number of aliphatic carboxylic acids is 1. The third-order valence-electron chi connectivity index (χ3n) is 4.72. The van der Waals surface area contributed by atoms with Crippen molar-refractivity contribution < 1.29 is 28.8 Å². The van der Waals surface area contributed by atoms with Gasteiger partial charge in [0.15, 0.2) is 5.60 Å². The van der Waals surface area contributed by atoms with E-state index in [-0.39, 0.29) is 23.9 Å². The van der Waals surface area contributed by atoms with Gasteiger partial charge in [-0.05, 0) is 66.1 Å². The normalized spacial score (nSPS) is 11.2. The molecule has 168 valence electrons. The van der Waals surface area contributed by atoms with Gasteiger partial charge in [-0.25, -0.2) is 14.4 Å². The Bertz CT molecular complexity index is 1300. The fourth-order valence-electron chi connectivity index (χ4n) is 2.87. The molecule has 10 heteroatoms. The van der Waals surface area contributed by atoms with E-state index in [1.54, 1.807) is 54.6 Å². The number of carbonyl (C=O) groups is 2. The number of pyridine rings is 1. The minimum atomic E-state index is -1.35. The van der Waals surface area contributed by atoms with Crippen LogP contribution >= 0.6 is 0 Å². The second-order valence-corrected chi connectivity index (χ2v) is 7.62. The highest BCUT2D eigenvalue weighted by Crippen LogP contribution is 2.25. The smallest absolute Gasteiger partial charge is 0.347 e. The number of carboxylic acid groups (broad SMARTS) is 1. The summed E-state index contributed by atoms with van der Waals surface area (Å²) in [5.41, 5.74) is 0.831. The van der Waals surface area contributed by atoms with E-state index in [1.165, 1.54) is 20.0 Å². The summed E-state index contributed by atoms with van der Waals surface area (Å²) >= 11 is 0. The number of hydrogen-bond donors (Lipinski definition) is 2. The van der Waals surface area contributed by atoms with Crippen LogP contribution in [0.15, 0.2) is 65.4 Å². The zero-order valence-electron chi connectivity index (χ0n) is 17.8. The van der Waals surface area contributed by atoms with Crippen LogP contribution in [0, 0.1) is 0 Å². The number of rotatable bonds is 8. The lowest BCUT2D eigenvalue weighted by Crippen LogP contribution is -2.37. The van der Waals surface area contributed by atoms with Crippen LogP contribution in [0.3, 0.4) is 0 Å². The standard InChI is InChI=1S/C23H20N4O6/c1-23(2,22(29)30)32-15-7-5-14(6-8-15)13-25-20(28)17-4-3-11-24-21(17)31-16-9-10-18-19(12-16)27-33-26-18/h3-12H,13H2,1-2H3,(H,25,28)(H,29,30). The average Bonchev–Trinajstić information content (AvgIpc) is 3.26. The topological polar surface area (TPSA) is 137 Å². The number of nitrogens with zero attached hydrogens (tertiary/aromatic N) is 3. The van der Waals surface area contributed by atoms with E-state index in [1.807, 2.05) is 0 Å². The molecule has 0 spiro atoms. The lowest BCUT2D eigenvalue weighted by atomic mass is 10.1. The number of carboxylic acids is 1. The number of ether oxygens (including phenoxy) is 2. The number of amides is 1. The summed E-state index contributed by atoms with van der Waals surface area (Å²) in [5.74, 6) is -0.434. The molecule has 0 saturated heterocycles. The Morgan fingerprint density at radius 3 is 2.52 bits per heavy atom. The van der Waals surface area contributed by atoms with E-state index in [0.29, 0.717) is 22.5 Å². The van der Waals surface area contributed by atoms with Crippen molar-refractivity contribution in [1.82, 2.24) is 20.6 Å². The van der Waals surface area contributed by atoms with Crippen molar-refractivity contribution in [1.29, 1.82) is 0 Å². The van der Waals surface area contributed by atoms with Gasteiger partial charge in [-0.1, -0.05) is 12.1 Å². The van der Waals surface area contributed by atoms with Crippen LogP contribution in [0.2, 0.25) is 0 Å². The Balaban J connectivity index is 1.41. The van der Waals surface area contributed by atoms with Gasteiger partial charge in [0.05, 0.1) is 0 Å². The van der Waals surface area contributed by atoms with E-state index < -0.39 is 11.6 Å². The second-order valence-electron chi connectivity index (χ2n) is 7.62. The van der Waals surface area contributed by atoms with E-state index in [9.17, 15) is 9.59 Å². The third-order valence-corrected chi connectivity index (χ3v) is 4.72. The van der Waals surface area contributed by atoms with Gasteiger partial charge in [-0.3, -0.25) is 4.79 Å². The highest BCUT2D eigenvalue weighted by atomic mass is 16.6. The Hall–Kier alpha value is -4.47. The van der Waals surface area contributed by atoms with Gasteiger partial charge < -0.3 is 19.9 Å². The molecule has 0 aliphatic heterocycles. The first kappa shape index (κ1) is 21.8. The molecule has 2 aromatic carbocycles. The molecule has 0 atom stereocenters. The van der Waals surface area contributed by atoms with Crippen LogP contribution in [0.4, 0.5) is 0 Å². The van der Waals surface area contributed by atoms with Gasteiger partial charge in [-0.2, -0.15) is 0 Å². The molecule has 2 heterocycles. The van der Waals surface area contributed by atoms with E-state index in [4.69, 9.17) is 14.6 Å². The van der Waals surface area contributed by atoms with Crippen molar-refractivity contribution in [2.75, 3.05) is 0 Å². The molecule has 4 aromatic rings. The summed E-state index contributed by atoms with van der Waals surface area (Å²) in [6, 6.07) is 15.1. The van der Waals surface area contributed by atoms with Crippen LogP contribution in [-0.2, 0) is 11.3 Å². The van der Waals surface area contributed by atoms with Crippen LogP contribution in [0.25, 0.3) is 11.0 Å². The number of fused-ring (bicyclic) bond motifs is 1. The molecule has 0 saturated carbocycles. The molecule has 0 aliphatic carbocycles. The third kappa shape index (κ3) is 5.06. The summed E-state index contributed by atoms with van der Waals surface area (Å²) in [6.45, 7) is 3.18. The lowest BCUT2D eigenvalue weighted by Gasteiger charge is -2.21. The van der Waals surface area contributed by atoms with Crippen molar-refractivity contribution in [3.63, 3.8) is 0 Å². The second kappa shape index (κ2) is 8.95. The summed E-state index contributed by atoms with van der Waals surface area (Å²) in [4.78, 5) is 28.1. The highest BCUT2D eigenvalue weighted by molar-refractivity contribution is 5.96. The van der Waals surface area contributed by atoms with E-state index in [0.717, 1.165) is 5.56 Å². The lowest BCUT2D eigenvalue weighted by molar-refractivity contribution is -0.152. The molecule has 2 aromatic heterocycles. The Morgan fingerprint density at radius 1 is 1.03 bits per heavy atom. The van der Waals surface area contributed by atoms with Crippen molar-refractivity contribution in [2.24, 2.45) is 0 Å². The predicted octanol–water partition coefficient (Wildman–Crippen LogP) is 3.58. The number of aromatic nitrogens is 3. The minimum Gasteiger partial charge on any atom is -0.478 e. The van der Waals surface area contributed by atoms with Gasteiger partial charge in [0.25, 0.3) is 5.91 Å². The molecular weight excluding hydrogens is 428 g/mol. The van der Waals surface area contributed by atoms with Crippen molar-refractivity contribution in [3.05, 3.63) is 71.9 Å². The molecule has 1 amide bonds. The van der Waals surface area contributed by atoms with Gasteiger partial charge in [0, 0.05) is 18.8 Å². The zero-order valence-corrected chi connectivity index (χ0v) is 17.8. The molecule has 0 radical (unpaired) electrons. The minimum absolute atomic E-state index is 0.144. The number of nitrogens with one attached hydrogen (secondary N) is 1. The number of carbonyl (C=O) groups excluding carboxylic acids is 1. The van der Waals surface area contributed by atoms with Crippen molar-refractivity contribution >= 4 is 22.9 Å². The molecule has 0 unspecified atom stereocenters. The van der Waals surface area contributed by atoms with Crippen LogP contribution in [0.1, 0.15) is 29.8 Å². The van der Waals surface area contributed by atoms with Gasteiger partial charge >= 0.3 is 5.97 Å².